The molecular formula is C24H23N3O3S3. The number of fused-ring (bicyclic) bond motifs is 1. The average molecular weight is 498 g/mol. The molecule has 4 aromatic rings. The number of carbonyl (C=O) groups is 1. The van der Waals surface area contributed by atoms with Crippen molar-refractivity contribution in [2.45, 2.75) is 30.4 Å². The predicted octanol–water partition coefficient (Wildman–Crippen LogP) is 5.18. The summed E-state index contributed by atoms with van der Waals surface area (Å²) in [7, 11) is 1.61. The van der Waals surface area contributed by atoms with Gasteiger partial charge in [0.25, 0.3) is 5.56 Å². The fourth-order valence-electron chi connectivity index (χ4n) is 3.39. The molecule has 170 valence electrons. The highest BCUT2D eigenvalue weighted by atomic mass is 32.2. The van der Waals surface area contributed by atoms with Gasteiger partial charge in [0, 0.05) is 34.5 Å². The number of aromatic nitrogens is 2. The van der Waals surface area contributed by atoms with Gasteiger partial charge in [-0.05, 0) is 24.4 Å². The molecule has 0 spiro atoms. The summed E-state index contributed by atoms with van der Waals surface area (Å²) in [5, 5.41) is 7.58. The number of hydrogen-bond acceptors (Lipinski definition) is 7. The van der Waals surface area contributed by atoms with Gasteiger partial charge in [-0.15, -0.1) is 29.3 Å². The lowest BCUT2D eigenvalue weighted by Crippen LogP contribution is -2.31. The molecule has 1 N–H and O–H groups in total. The number of para-hydroxylation sites is 1. The highest BCUT2D eigenvalue weighted by Gasteiger charge is 2.21. The number of ether oxygens (including phenoxy) is 1. The number of carbonyl (C=O) groups excluding carboxylic acids is 1. The number of allylic oxidation sites excluding steroid dienone is 1. The first-order valence-corrected chi connectivity index (χ1v) is 12.9. The molecule has 3 aromatic heterocycles. The van der Waals surface area contributed by atoms with E-state index in [0.717, 1.165) is 21.8 Å². The summed E-state index contributed by atoms with van der Waals surface area (Å²) < 4.78 is 6.94. The van der Waals surface area contributed by atoms with Gasteiger partial charge in [0.15, 0.2) is 5.16 Å². The minimum Gasteiger partial charge on any atom is -0.496 e. The van der Waals surface area contributed by atoms with E-state index in [-0.39, 0.29) is 11.5 Å². The van der Waals surface area contributed by atoms with Gasteiger partial charge < -0.3 is 10.1 Å². The Hall–Kier alpha value is -2.88. The van der Waals surface area contributed by atoms with Gasteiger partial charge in [-0.1, -0.05) is 42.1 Å². The van der Waals surface area contributed by atoms with Crippen molar-refractivity contribution in [3.05, 3.63) is 75.7 Å². The van der Waals surface area contributed by atoms with Crippen LogP contribution in [0.1, 0.15) is 12.5 Å². The van der Waals surface area contributed by atoms with Crippen molar-refractivity contribution in [3.63, 3.8) is 0 Å². The lowest BCUT2D eigenvalue weighted by Gasteiger charge is -2.15. The highest BCUT2D eigenvalue weighted by molar-refractivity contribution is 8.00. The Labute approximate surface area is 203 Å². The molecule has 0 radical (unpaired) electrons. The number of thioether (sulfide) groups is 1. The van der Waals surface area contributed by atoms with E-state index >= 15 is 0 Å². The largest absolute Gasteiger partial charge is 0.496 e. The maximum Gasteiger partial charge on any atom is 0.263 e. The van der Waals surface area contributed by atoms with Crippen LogP contribution in [0.5, 0.6) is 5.75 Å². The van der Waals surface area contributed by atoms with Crippen LogP contribution in [-0.4, -0.2) is 27.8 Å². The molecular weight excluding hydrogens is 474 g/mol. The first-order valence-electron chi connectivity index (χ1n) is 10.3. The number of nitrogens with zero attached hydrogens (tertiary/aromatic N) is 2. The molecule has 0 aliphatic rings. The summed E-state index contributed by atoms with van der Waals surface area (Å²) >= 11 is 4.30. The number of nitrogens with one attached hydrogen (secondary N) is 1. The molecule has 6 nitrogen and oxygen atoms in total. The zero-order valence-corrected chi connectivity index (χ0v) is 20.7. The molecule has 33 heavy (non-hydrogen) atoms. The van der Waals surface area contributed by atoms with Crippen LogP contribution in [-0.2, 0) is 17.9 Å². The molecule has 0 aliphatic heterocycles. The van der Waals surface area contributed by atoms with E-state index in [0.29, 0.717) is 28.5 Å². The van der Waals surface area contributed by atoms with Gasteiger partial charge in [-0.2, -0.15) is 0 Å². The molecule has 0 saturated heterocycles. The van der Waals surface area contributed by atoms with Crippen LogP contribution >= 0.6 is 34.4 Å². The van der Waals surface area contributed by atoms with E-state index in [1.807, 2.05) is 54.1 Å². The minimum absolute atomic E-state index is 0.117. The Morgan fingerprint density at radius 3 is 2.85 bits per heavy atom. The zero-order valence-electron chi connectivity index (χ0n) is 18.2. The number of methoxy groups -OCH3 is 1. The fourth-order valence-corrected chi connectivity index (χ4v) is 6.13. The van der Waals surface area contributed by atoms with Crippen molar-refractivity contribution in [2.75, 3.05) is 7.11 Å². The second kappa shape index (κ2) is 10.4. The highest BCUT2D eigenvalue weighted by Crippen LogP contribution is 2.35. The molecule has 0 bridgehead atoms. The van der Waals surface area contributed by atoms with E-state index in [2.05, 4.69) is 11.9 Å². The number of thiophene rings is 2. The molecule has 9 heteroatoms. The van der Waals surface area contributed by atoms with Crippen LogP contribution in [0, 0.1) is 0 Å². The molecule has 0 fully saturated rings. The molecule has 1 aromatic carbocycles. The Morgan fingerprint density at radius 2 is 2.12 bits per heavy atom. The Kier molecular flexibility index (Phi) is 7.32. The third kappa shape index (κ3) is 4.90. The summed E-state index contributed by atoms with van der Waals surface area (Å²) in [4.78, 5) is 32.7. The van der Waals surface area contributed by atoms with Crippen molar-refractivity contribution in [1.82, 2.24) is 14.9 Å². The van der Waals surface area contributed by atoms with Crippen LogP contribution in [0.25, 0.3) is 20.7 Å². The SMILES string of the molecule is C=CCn1c(SC(C)C(=O)NCc2ccccc2OC)nc2scc(-c3cccs3)c2c1=O. The molecule has 1 unspecified atom stereocenters. The maximum atomic E-state index is 13.4. The second-order valence-corrected chi connectivity index (χ2v) is 10.3. The monoisotopic (exact) mass is 497 g/mol. The van der Waals surface area contributed by atoms with E-state index in [4.69, 9.17) is 9.72 Å². The van der Waals surface area contributed by atoms with Gasteiger partial charge in [-0.25, -0.2) is 4.98 Å². The fraction of sp³-hybridized carbons (Fsp3) is 0.208. The lowest BCUT2D eigenvalue weighted by atomic mass is 10.2. The van der Waals surface area contributed by atoms with Gasteiger partial charge in [0.1, 0.15) is 10.6 Å². The van der Waals surface area contributed by atoms with Crippen LogP contribution in [0.4, 0.5) is 0 Å². The molecule has 1 amide bonds. The lowest BCUT2D eigenvalue weighted by molar-refractivity contribution is -0.120. The van der Waals surface area contributed by atoms with Gasteiger partial charge >= 0.3 is 0 Å². The van der Waals surface area contributed by atoms with Crippen LogP contribution in [0.3, 0.4) is 0 Å². The van der Waals surface area contributed by atoms with Gasteiger partial charge in [0.2, 0.25) is 5.91 Å². The topological polar surface area (TPSA) is 73.2 Å². The number of benzene rings is 1. The number of hydrogen-bond donors (Lipinski definition) is 1. The average Bonchev–Trinajstić information content (AvgIpc) is 3.50. The summed E-state index contributed by atoms with van der Waals surface area (Å²) in [6.45, 7) is 6.27. The number of amides is 1. The Morgan fingerprint density at radius 1 is 1.30 bits per heavy atom. The second-order valence-electron chi connectivity index (χ2n) is 7.20. The van der Waals surface area contributed by atoms with Crippen molar-refractivity contribution < 1.29 is 9.53 Å². The molecule has 1 atom stereocenters. The van der Waals surface area contributed by atoms with Crippen LogP contribution in [0.15, 0.2) is 69.8 Å². The van der Waals surface area contributed by atoms with Crippen molar-refractivity contribution >= 4 is 50.6 Å². The van der Waals surface area contributed by atoms with E-state index in [9.17, 15) is 9.59 Å². The molecule has 0 aliphatic carbocycles. The summed E-state index contributed by atoms with van der Waals surface area (Å²) in [5.41, 5.74) is 1.68. The van der Waals surface area contributed by atoms with Gasteiger partial charge in [0.05, 0.1) is 17.7 Å². The summed E-state index contributed by atoms with van der Waals surface area (Å²) in [6.07, 6.45) is 1.67. The molecule has 0 saturated carbocycles. The summed E-state index contributed by atoms with van der Waals surface area (Å²) in [5.74, 6) is 0.583. The van der Waals surface area contributed by atoms with Crippen LogP contribution < -0.4 is 15.6 Å². The first-order chi connectivity index (χ1) is 16.0. The van der Waals surface area contributed by atoms with Crippen molar-refractivity contribution in [3.8, 4) is 16.2 Å². The third-order valence-electron chi connectivity index (χ3n) is 5.05. The molecule has 4 rings (SSSR count). The Bertz CT molecular complexity index is 1340. The van der Waals surface area contributed by atoms with Crippen LogP contribution in [0.2, 0.25) is 0 Å². The van der Waals surface area contributed by atoms with E-state index < -0.39 is 5.25 Å². The Balaban J connectivity index is 1.58. The van der Waals surface area contributed by atoms with Crippen molar-refractivity contribution in [2.24, 2.45) is 0 Å². The first kappa shape index (κ1) is 23.3. The van der Waals surface area contributed by atoms with Gasteiger partial charge in [-0.3, -0.25) is 14.2 Å². The predicted molar refractivity (Wildman–Crippen MR) is 138 cm³/mol. The van der Waals surface area contributed by atoms with E-state index in [1.54, 1.807) is 29.1 Å². The molecule has 3 heterocycles. The third-order valence-corrected chi connectivity index (χ3v) is 7.92. The van der Waals surface area contributed by atoms with Crippen molar-refractivity contribution in [1.29, 1.82) is 0 Å². The smallest absolute Gasteiger partial charge is 0.263 e. The normalized spacial score (nSPS) is 11.9. The quantitative estimate of drug-likeness (QED) is 0.196. The maximum absolute atomic E-state index is 13.4. The summed E-state index contributed by atoms with van der Waals surface area (Å²) in [6, 6.07) is 11.5. The minimum atomic E-state index is -0.447. The van der Waals surface area contributed by atoms with E-state index in [1.165, 1.54) is 23.1 Å². The number of rotatable bonds is 9. The standard InChI is InChI=1S/C24H23N3O3S3/c1-4-11-27-23(29)20-17(19-10-7-12-31-19)14-32-22(20)26-24(27)33-15(2)21(28)25-13-16-8-5-6-9-18(16)30-3/h4-10,12,14-15H,1,11,13H2,2-3H3,(H,25,28). The zero-order chi connectivity index (χ0) is 23.4.